The number of aromatic nitrogens is 2. The monoisotopic (exact) mass is 375 g/mol. The minimum absolute atomic E-state index is 0.0104. The third-order valence-corrected chi connectivity index (χ3v) is 4.76. The second-order valence-electron chi connectivity index (χ2n) is 6.32. The van der Waals surface area contributed by atoms with Crippen molar-refractivity contribution in [3.8, 4) is 0 Å². The number of rotatable bonds is 5. The third kappa shape index (κ3) is 4.35. The lowest BCUT2D eigenvalue weighted by atomic mass is 10.2. The average molecular weight is 376 g/mol. The maximum atomic E-state index is 12.2. The zero-order valence-corrected chi connectivity index (χ0v) is 15.4. The number of hydrogen-bond acceptors (Lipinski definition) is 3. The Bertz CT molecular complexity index is 799. The Kier molecular flexibility index (Phi) is 5.78. The molecule has 7 nitrogen and oxygen atoms in total. The van der Waals surface area contributed by atoms with Gasteiger partial charge in [0.2, 0.25) is 5.91 Å². The standard InChI is InChI=1S/C18H22ClN5O2/c1-13-10-21-24(12-14-6-2-3-7-15(14)19)17(13)22-18(26)20-11-16(25)23-8-4-5-9-23/h2-3,6-7,10H,4-5,8-9,11-12H2,1H3,(H2,20,22,26). The molecule has 0 radical (unpaired) electrons. The predicted molar refractivity (Wildman–Crippen MR) is 100 cm³/mol. The summed E-state index contributed by atoms with van der Waals surface area (Å²) < 4.78 is 1.68. The summed E-state index contributed by atoms with van der Waals surface area (Å²) in [6, 6.07) is 7.07. The molecule has 2 aromatic rings. The summed E-state index contributed by atoms with van der Waals surface area (Å²) in [5.41, 5.74) is 1.74. The Hall–Kier alpha value is -2.54. The van der Waals surface area contributed by atoms with Crippen LogP contribution in [0, 0.1) is 6.92 Å². The highest BCUT2D eigenvalue weighted by atomic mass is 35.5. The van der Waals surface area contributed by atoms with Gasteiger partial charge in [0, 0.05) is 23.7 Å². The van der Waals surface area contributed by atoms with Gasteiger partial charge in [-0.1, -0.05) is 29.8 Å². The molecule has 0 unspecified atom stereocenters. The number of amides is 3. The van der Waals surface area contributed by atoms with Gasteiger partial charge in [-0.05, 0) is 31.4 Å². The molecule has 0 aliphatic carbocycles. The van der Waals surface area contributed by atoms with E-state index >= 15 is 0 Å². The molecule has 2 heterocycles. The van der Waals surface area contributed by atoms with Gasteiger partial charge in [-0.3, -0.25) is 10.1 Å². The Morgan fingerprint density at radius 3 is 2.69 bits per heavy atom. The predicted octanol–water partition coefficient (Wildman–Crippen LogP) is 2.64. The fraction of sp³-hybridized carbons (Fsp3) is 0.389. The number of nitrogens with one attached hydrogen (secondary N) is 2. The molecule has 8 heteroatoms. The number of benzene rings is 1. The van der Waals surface area contributed by atoms with Gasteiger partial charge >= 0.3 is 6.03 Å². The van der Waals surface area contributed by atoms with Crippen LogP contribution in [0.15, 0.2) is 30.5 Å². The van der Waals surface area contributed by atoms with Gasteiger partial charge in [-0.25, -0.2) is 9.48 Å². The van der Waals surface area contributed by atoms with Crippen LogP contribution >= 0.6 is 11.6 Å². The first-order valence-corrected chi connectivity index (χ1v) is 9.01. The third-order valence-electron chi connectivity index (χ3n) is 4.39. The van der Waals surface area contributed by atoms with E-state index in [9.17, 15) is 9.59 Å². The molecule has 3 rings (SSSR count). The smallest absolute Gasteiger partial charge is 0.320 e. The molecule has 1 aliphatic heterocycles. The van der Waals surface area contributed by atoms with Crippen LogP contribution in [0.1, 0.15) is 24.0 Å². The summed E-state index contributed by atoms with van der Waals surface area (Å²) in [6.45, 7) is 3.83. The first-order chi connectivity index (χ1) is 12.5. The van der Waals surface area contributed by atoms with Crippen LogP contribution in [0.2, 0.25) is 5.02 Å². The minimum atomic E-state index is -0.429. The first-order valence-electron chi connectivity index (χ1n) is 8.63. The number of anilines is 1. The Morgan fingerprint density at radius 1 is 1.23 bits per heavy atom. The number of nitrogens with zero attached hydrogens (tertiary/aromatic N) is 3. The maximum absolute atomic E-state index is 12.2. The van der Waals surface area contributed by atoms with Crippen molar-refractivity contribution in [3.05, 3.63) is 46.6 Å². The lowest BCUT2D eigenvalue weighted by Crippen LogP contribution is -2.40. The number of hydrogen-bond donors (Lipinski definition) is 2. The largest absolute Gasteiger partial charge is 0.341 e. The summed E-state index contributed by atoms with van der Waals surface area (Å²) in [4.78, 5) is 26.0. The number of halogens is 1. The highest BCUT2D eigenvalue weighted by Gasteiger charge is 2.19. The molecule has 138 valence electrons. The fourth-order valence-corrected chi connectivity index (χ4v) is 3.13. The van der Waals surface area contributed by atoms with Crippen LogP contribution in [0.5, 0.6) is 0 Å². The molecule has 0 saturated carbocycles. The van der Waals surface area contributed by atoms with E-state index in [-0.39, 0.29) is 12.5 Å². The van der Waals surface area contributed by atoms with Crippen LogP contribution in [0.4, 0.5) is 10.6 Å². The second kappa shape index (κ2) is 8.23. The van der Waals surface area contributed by atoms with Crippen molar-refractivity contribution in [2.45, 2.75) is 26.3 Å². The molecular weight excluding hydrogens is 354 g/mol. The topological polar surface area (TPSA) is 79.3 Å². The molecule has 3 amide bonds. The summed E-state index contributed by atoms with van der Waals surface area (Å²) >= 11 is 6.20. The number of likely N-dealkylation sites (tertiary alicyclic amines) is 1. The molecule has 0 spiro atoms. The van der Waals surface area contributed by atoms with Crippen molar-refractivity contribution in [1.29, 1.82) is 0 Å². The van der Waals surface area contributed by atoms with Crippen LogP contribution in [-0.2, 0) is 11.3 Å². The van der Waals surface area contributed by atoms with E-state index in [0.717, 1.165) is 37.1 Å². The van der Waals surface area contributed by atoms with Gasteiger partial charge in [0.1, 0.15) is 5.82 Å². The number of aryl methyl sites for hydroxylation is 1. The molecule has 1 fully saturated rings. The fourth-order valence-electron chi connectivity index (χ4n) is 2.94. The molecule has 1 saturated heterocycles. The van der Waals surface area contributed by atoms with E-state index in [1.807, 2.05) is 31.2 Å². The van der Waals surface area contributed by atoms with Crippen LogP contribution in [0.25, 0.3) is 0 Å². The normalized spacial score (nSPS) is 13.7. The maximum Gasteiger partial charge on any atom is 0.320 e. The van der Waals surface area contributed by atoms with Gasteiger partial charge in [0.25, 0.3) is 0 Å². The van der Waals surface area contributed by atoms with Gasteiger partial charge in [-0.2, -0.15) is 5.10 Å². The van der Waals surface area contributed by atoms with Crippen molar-refractivity contribution in [2.24, 2.45) is 0 Å². The van der Waals surface area contributed by atoms with Crippen molar-refractivity contribution in [2.75, 3.05) is 25.0 Å². The van der Waals surface area contributed by atoms with E-state index in [4.69, 9.17) is 11.6 Å². The summed E-state index contributed by atoms with van der Waals surface area (Å²) in [7, 11) is 0. The zero-order chi connectivity index (χ0) is 18.5. The highest BCUT2D eigenvalue weighted by Crippen LogP contribution is 2.20. The summed E-state index contributed by atoms with van der Waals surface area (Å²) in [5, 5.41) is 10.3. The highest BCUT2D eigenvalue weighted by molar-refractivity contribution is 6.31. The Labute approximate surface area is 157 Å². The molecule has 1 aromatic heterocycles. The Morgan fingerprint density at radius 2 is 1.96 bits per heavy atom. The zero-order valence-electron chi connectivity index (χ0n) is 14.7. The first kappa shape index (κ1) is 18.3. The van der Waals surface area contributed by atoms with Crippen LogP contribution in [0.3, 0.4) is 0 Å². The van der Waals surface area contributed by atoms with E-state index in [1.165, 1.54) is 0 Å². The van der Waals surface area contributed by atoms with Crippen LogP contribution < -0.4 is 10.6 Å². The SMILES string of the molecule is Cc1cnn(Cc2ccccc2Cl)c1NC(=O)NCC(=O)N1CCCC1. The molecule has 1 aliphatic rings. The van der Waals surface area contributed by atoms with Crippen molar-refractivity contribution >= 4 is 29.4 Å². The van der Waals surface area contributed by atoms with E-state index < -0.39 is 6.03 Å². The van der Waals surface area contributed by atoms with Crippen LogP contribution in [-0.4, -0.2) is 46.3 Å². The average Bonchev–Trinajstić information content (AvgIpc) is 3.27. The lowest BCUT2D eigenvalue weighted by Gasteiger charge is -2.16. The molecule has 1 aromatic carbocycles. The molecule has 0 bridgehead atoms. The van der Waals surface area contributed by atoms with E-state index in [1.54, 1.807) is 15.8 Å². The van der Waals surface area contributed by atoms with E-state index in [0.29, 0.717) is 17.4 Å². The minimum Gasteiger partial charge on any atom is -0.341 e. The van der Waals surface area contributed by atoms with E-state index in [2.05, 4.69) is 15.7 Å². The quantitative estimate of drug-likeness (QED) is 0.843. The molecular formula is C18H22ClN5O2. The number of carbonyl (C=O) groups excluding carboxylic acids is 2. The molecule has 26 heavy (non-hydrogen) atoms. The van der Waals surface area contributed by atoms with Gasteiger partial charge in [0.05, 0.1) is 19.3 Å². The van der Waals surface area contributed by atoms with Crippen molar-refractivity contribution in [1.82, 2.24) is 20.0 Å². The summed E-state index contributed by atoms with van der Waals surface area (Å²) in [5.74, 6) is 0.523. The van der Waals surface area contributed by atoms with Gasteiger partial charge in [0.15, 0.2) is 0 Å². The Balaban J connectivity index is 1.60. The summed E-state index contributed by atoms with van der Waals surface area (Å²) in [6.07, 6.45) is 3.73. The number of carbonyl (C=O) groups is 2. The molecule has 2 N–H and O–H groups in total. The van der Waals surface area contributed by atoms with Gasteiger partial charge in [-0.15, -0.1) is 0 Å². The number of urea groups is 1. The second-order valence-corrected chi connectivity index (χ2v) is 6.73. The lowest BCUT2D eigenvalue weighted by molar-refractivity contribution is -0.128. The van der Waals surface area contributed by atoms with Crippen molar-refractivity contribution in [3.63, 3.8) is 0 Å². The molecule has 0 atom stereocenters. The van der Waals surface area contributed by atoms with Crippen molar-refractivity contribution < 1.29 is 9.59 Å². The van der Waals surface area contributed by atoms with Gasteiger partial charge < -0.3 is 10.2 Å².